The van der Waals surface area contributed by atoms with Crippen LogP contribution in [0.15, 0.2) is 24.3 Å². The SMILES string of the molecule is CCc1cccc(CCCOC(=O)O)c1. The highest BCUT2D eigenvalue weighted by molar-refractivity contribution is 5.56. The summed E-state index contributed by atoms with van der Waals surface area (Å²) in [5.41, 5.74) is 2.55. The van der Waals surface area contributed by atoms with Crippen LogP contribution in [0.5, 0.6) is 0 Å². The van der Waals surface area contributed by atoms with E-state index >= 15 is 0 Å². The van der Waals surface area contributed by atoms with Crippen LogP contribution in [-0.2, 0) is 17.6 Å². The van der Waals surface area contributed by atoms with Gasteiger partial charge in [-0.25, -0.2) is 4.79 Å². The van der Waals surface area contributed by atoms with Crippen molar-refractivity contribution in [2.75, 3.05) is 6.61 Å². The molecule has 1 aromatic carbocycles. The van der Waals surface area contributed by atoms with E-state index in [9.17, 15) is 4.79 Å². The third kappa shape index (κ3) is 4.49. The first kappa shape index (κ1) is 11.6. The van der Waals surface area contributed by atoms with Crippen molar-refractivity contribution in [3.8, 4) is 0 Å². The minimum atomic E-state index is -1.20. The predicted molar refractivity (Wildman–Crippen MR) is 58.1 cm³/mol. The van der Waals surface area contributed by atoms with E-state index in [1.54, 1.807) is 0 Å². The molecule has 82 valence electrons. The Labute approximate surface area is 89.7 Å². The van der Waals surface area contributed by atoms with Crippen LogP contribution in [0.4, 0.5) is 4.79 Å². The molecule has 0 aromatic heterocycles. The molecule has 0 aliphatic heterocycles. The number of hydrogen-bond donors (Lipinski definition) is 1. The highest BCUT2D eigenvalue weighted by atomic mass is 16.7. The molecule has 0 fully saturated rings. The topological polar surface area (TPSA) is 46.5 Å². The molecule has 0 bridgehead atoms. The molecule has 0 saturated carbocycles. The zero-order valence-corrected chi connectivity index (χ0v) is 8.90. The van der Waals surface area contributed by atoms with E-state index in [4.69, 9.17) is 5.11 Å². The molecule has 15 heavy (non-hydrogen) atoms. The standard InChI is InChI=1S/C12H16O3/c1-2-10-5-3-6-11(9-10)7-4-8-15-12(13)14/h3,5-6,9H,2,4,7-8H2,1H3,(H,13,14). The minimum Gasteiger partial charge on any atom is -0.450 e. The van der Waals surface area contributed by atoms with E-state index in [2.05, 4.69) is 29.9 Å². The molecule has 1 N–H and O–H groups in total. The van der Waals surface area contributed by atoms with Crippen molar-refractivity contribution in [1.29, 1.82) is 0 Å². The second-order valence-electron chi connectivity index (χ2n) is 3.39. The Bertz CT molecular complexity index is 320. The average Bonchev–Trinajstić information content (AvgIpc) is 2.24. The van der Waals surface area contributed by atoms with Gasteiger partial charge in [-0.1, -0.05) is 31.2 Å². The zero-order valence-electron chi connectivity index (χ0n) is 8.90. The number of aryl methyl sites for hydroxylation is 2. The van der Waals surface area contributed by atoms with E-state index in [0.29, 0.717) is 0 Å². The summed E-state index contributed by atoms with van der Waals surface area (Å²) < 4.78 is 4.44. The van der Waals surface area contributed by atoms with Gasteiger partial charge in [0, 0.05) is 0 Å². The molecule has 0 radical (unpaired) electrons. The van der Waals surface area contributed by atoms with Crippen molar-refractivity contribution in [2.24, 2.45) is 0 Å². The van der Waals surface area contributed by atoms with E-state index in [1.165, 1.54) is 11.1 Å². The molecule has 0 unspecified atom stereocenters. The van der Waals surface area contributed by atoms with Gasteiger partial charge in [-0.3, -0.25) is 0 Å². The highest BCUT2D eigenvalue weighted by Gasteiger charge is 1.98. The first-order valence-electron chi connectivity index (χ1n) is 5.16. The lowest BCUT2D eigenvalue weighted by atomic mass is 10.1. The second kappa shape index (κ2) is 6.06. The Morgan fingerprint density at radius 2 is 2.13 bits per heavy atom. The summed E-state index contributed by atoms with van der Waals surface area (Å²) in [6.45, 7) is 2.39. The molecule has 0 heterocycles. The first-order valence-corrected chi connectivity index (χ1v) is 5.16. The van der Waals surface area contributed by atoms with Crippen molar-refractivity contribution < 1.29 is 14.6 Å². The summed E-state index contributed by atoms with van der Waals surface area (Å²) >= 11 is 0. The van der Waals surface area contributed by atoms with Gasteiger partial charge in [0.2, 0.25) is 0 Å². The maximum Gasteiger partial charge on any atom is 0.505 e. The molecule has 0 saturated heterocycles. The first-order chi connectivity index (χ1) is 7.22. The van der Waals surface area contributed by atoms with Crippen LogP contribution in [-0.4, -0.2) is 17.9 Å². The predicted octanol–water partition coefficient (Wildman–Crippen LogP) is 2.88. The lowest BCUT2D eigenvalue weighted by Crippen LogP contribution is -2.02. The molecule has 3 heteroatoms. The average molecular weight is 208 g/mol. The fourth-order valence-corrected chi connectivity index (χ4v) is 1.44. The van der Waals surface area contributed by atoms with Crippen molar-refractivity contribution in [3.63, 3.8) is 0 Å². The number of benzene rings is 1. The summed E-state index contributed by atoms with van der Waals surface area (Å²) in [6, 6.07) is 8.34. The van der Waals surface area contributed by atoms with Gasteiger partial charge in [0.05, 0.1) is 6.61 Å². The largest absolute Gasteiger partial charge is 0.505 e. The quantitative estimate of drug-likeness (QED) is 0.597. The van der Waals surface area contributed by atoms with Crippen LogP contribution < -0.4 is 0 Å². The summed E-state index contributed by atoms with van der Waals surface area (Å²) in [6.07, 6.45) is 1.43. The fourth-order valence-electron chi connectivity index (χ4n) is 1.44. The van der Waals surface area contributed by atoms with Gasteiger partial charge in [-0.15, -0.1) is 0 Å². The lowest BCUT2D eigenvalue weighted by Gasteiger charge is -2.03. The lowest BCUT2D eigenvalue weighted by molar-refractivity contribution is 0.0907. The molecule has 1 rings (SSSR count). The molecule has 0 aliphatic carbocycles. The van der Waals surface area contributed by atoms with Crippen molar-refractivity contribution in [2.45, 2.75) is 26.2 Å². The van der Waals surface area contributed by atoms with Crippen LogP contribution in [0.2, 0.25) is 0 Å². The second-order valence-corrected chi connectivity index (χ2v) is 3.39. The van der Waals surface area contributed by atoms with E-state index in [0.717, 1.165) is 19.3 Å². The Hall–Kier alpha value is -1.51. The number of rotatable bonds is 5. The van der Waals surface area contributed by atoms with Crippen molar-refractivity contribution in [1.82, 2.24) is 0 Å². The van der Waals surface area contributed by atoms with Gasteiger partial charge in [0.25, 0.3) is 0 Å². The molecule has 0 amide bonds. The van der Waals surface area contributed by atoms with Crippen LogP contribution in [0.3, 0.4) is 0 Å². The smallest absolute Gasteiger partial charge is 0.450 e. The maximum atomic E-state index is 10.1. The Balaban J connectivity index is 2.33. The van der Waals surface area contributed by atoms with Crippen LogP contribution in [0.1, 0.15) is 24.5 Å². The van der Waals surface area contributed by atoms with Gasteiger partial charge in [0.1, 0.15) is 0 Å². The minimum absolute atomic E-state index is 0.270. The normalized spacial score (nSPS) is 9.93. The summed E-state index contributed by atoms with van der Waals surface area (Å²) in [5, 5.41) is 8.27. The summed E-state index contributed by atoms with van der Waals surface area (Å²) in [7, 11) is 0. The van der Waals surface area contributed by atoms with Crippen LogP contribution >= 0.6 is 0 Å². The third-order valence-corrected chi connectivity index (χ3v) is 2.23. The molecule has 0 aliphatic rings. The van der Waals surface area contributed by atoms with Crippen molar-refractivity contribution in [3.05, 3.63) is 35.4 Å². The van der Waals surface area contributed by atoms with Gasteiger partial charge in [-0.2, -0.15) is 0 Å². The summed E-state index contributed by atoms with van der Waals surface area (Å²) in [4.78, 5) is 10.1. The molecule has 3 nitrogen and oxygen atoms in total. The number of carboxylic acid groups (broad SMARTS) is 1. The molecule has 0 atom stereocenters. The number of carbonyl (C=O) groups is 1. The van der Waals surface area contributed by atoms with Gasteiger partial charge >= 0.3 is 6.16 Å². The summed E-state index contributed by atoms with van der Waals surface area (Å²) in [5.74, 6) is 0. The molecule has 1 aromatic rings. The Morgan fingerprint density at radius 1 is 1.40 bits per heavy atom. The zero-order chi connectivity index (χ0) is 11.1. The fraction of sp³-hybridized carbons (Fsp3) is 0.417. The van der Waals surface area contributed by atoms with E-state index in [1.807, 2.05) is 6.07 Å². The number of ether oxygens (including phenoxy) is 1. The van der Waals surface area contributed by atoms with E-state index in [-0.39, 0.29) is 6.61 Å². The third-order valence-electron chi connectivity index (χ3n) is 2.23. The van der Waals surface area contributed by atoms with E-state index < -0.39 is 6.16 Å². The molecular weight excluding hydrogens is 192 g/mol. The molecular formula is C12H16O3. The Morgan fingerprint density at radius 3 is 2.80 bits per heavy atom. The van der Waals surface area contributed by atoms with Gasteiger partial charge in [0.15, 0.2) is 0 Å². The highest BCUT2D eigenvalue weighted by Crippen LogP contribution is 2.08. The Kier molecular flexibility index (Phi) is 4.68. The molecule has 0 spiro atoms. The number of hydrogen-bond acceptors (Lipinski definition) is 2. The van der Waals surface area contributed by atoms with Crippen LogP contribution in [0, 0.1) is 0 Å². The van der Waals surface area contributed by atoms with Gasteiger partial charge < -0.3 is 9.84 Å². The van der Waals surface area contributed by atoms with Crippen LogP contribution in [0.25, 0.3) is 0 Å². The monoisotopic (exact) mass is 208 g/mol. The van der Waals surface area contributed by atoms with Gasteiger partial charge in [-0.05, 0) is 30.4 Å². The maximum absolute atomic E-state index is 10.1. The van der Waals surface area contributed by atoms with Crippen molar-refractivity contribution >= 4 is 6.16 Å².